The quantitative estimate of drug-likeness (QED) is 0.433. The minimum atomic E-state index is -4.67. The molecule has 1 aromatic carbocycles. The molecule has 9 nitrogen and oxygen atoms in total. The zero-order valence-electron chi connectivity index (χ0n) is 23.0. The third-order valence-electron chi connectivity index (χ3n) is 7.19. The summed E-state index contributed by atoms with van der Waals surface area (Å²) in [6.07, 6.45) is -2.08. The van der Waals surface area contributed by atoms with Crippen LogP contribution in [-0.4, -0.2) is 69.8 Å². The van der Waals surface area contributed by atoms with Gasteiger partial charge in [0.05, 0.1) is 5.92 Å². The van der Waals surface area contributed by atoms with Gasteiger partial charge >= 0.3 is 6.18 Å². The molecule has 2 amide bonds. The lowest BCUT2D eigenvalue weighted by molar-refractivity contribution is -0.137. The monoisotopic (exact) mass is 559 g/mol. The maximum atomic E-state index is 13.8. The number of anilines is 3. The van der Waals surface area contributed by atoms with E-state index in [0.717, 1.165) is 31.4 Å². The zero-order chi connectivity index (χ0) is 29.0. The molecule has 2 fully saturated rings. The highest BCUT2D eigenvalue weighted by Crippen LogP contribution is 2.36. The van der Waals surface area contributed by atoms with E-state index in [1.165, 1.54) is 0 Å². The molecule has 1 aromatic heterocycles. The maximum absolute atomic E-state index is 13.8. The van der Waals surface area contributed by atoms with Gasteiger partial charge in [0.1, 0.15) is 11.4 Å². The second-order valence-electron chi connectivity index (χ2n) is 10.6. The number of allylic oxidation sites excluding steroid dienone is 1. The summed E-state index contributed by atoms with van der Waals surface area (Å²) in [4.78, 5) is 37.5. The van der Waals surface area contributed by atoms with E-state index in [9.17, 15) is 22.8 Å². The fraction of sp³-hybridized carbons (Fsp3) is 0.500. The van der Waals surface area contributed by atoms with Gasteiger partial charge in [-0.3, -0.25) is 9.59 Å². The first-order valence-corrected chi connectivity index (χ1v) is 13.5. The molecule has 0 radical (unpaired) electrons. The SMILES string of the molecule is C=C(C)N1CCN(C(=O)c2ccc(Nc3ncc(C(F)(F)F)c(N[C@@H]4CCC[C@@H]4C(=O)NC(C)C)n3)cc2)CC1. The Morgan fingerprint density at radius 2 is 1.70 bits per heavy atom. The average Bonchev–Trinajstić information content (AvgIpc) is 3.36. The zero-order valence-corrected chi connectivity index (χ0v) is 23.0. The number of piperazine rings is 1. The molecule has 2 aliphatic rings. The van der Waals surface area contributed by atoms with Gasteiger partial charge in [0.25, 0.3) is 5.91 Å². The molecule has 40 heavy (non-hydrogen) atoms. The van der Waals surface area contributed by atoms with Gasteiger partial charge in [-0.2, -0.15) is 18.2 Å². The van der Waals surface area contributed by atoms with E-state index >= 15 is 0 Å². The molecule has 2 heterocycles. The van der Waals surface area contributed by atoms with Crippen molar-refractivity contribution in [3.05, 3.63) is 53.9 Å². The standard InChI is InChI=1S/C28H36F3N7O2/c1-17(2)33-25(39)21-6-5-7-23(21)35-24-22(28(29,30)31)16-32-27(36-24)34-20-10-8-19(9-11-20)26(40)38-14-12-37(13-15-38)18(3)4/h8-11,16-17,21,23H,3,5-7,12-15H2,1-2,4H3,(H,33,39)(H2,32,34,35,36)/t21-,23+/m0/s1. The molecule has 1 aliphatic carbocycles. The lowest BCUT2D eigenvalue weighted by Crippen LogP contribution is -2.47. The highest BCUT2D eigenvalue weighted by Gasteiger charge is 2.39. The Bertz CT molecular complexity index is 1230. The maximum Gasteiger partial charge on any atom is 0.421 e. The van der Waals surface area contributed by atoms with Crippen LogP contribution in [0.25, 0.3) is 0 Å². The number of carbonyl (C=O) groups excluding carboxylic acids is 2. The molecule has 1 saturated carbocycles. The number of benzene rings is 1. The number of halogens is 3. The second-order valence-corrected chi connectivity index (χ2v) is 10.6. The van der Waals surface area contributed by atoms with E-state index in [4.69, 9.17) is 0 Å². The van der Waals surface area contributed by atoms with Crippen molar-refractivity contribution in [3.8, 4) is 0 Å². The van der Waals surface area contributed by atoms with Gasteiger partial charge in [-0.15, -0.1) is 0 Å². The molecule has 0 unspecified atom stereocenters. The third-order valence-corrected chi connectivity index (χ3v) is 7.19. The molecule has 2 atom stereocenters. The first-order chi connectivity index (χ1) is 18.9. The lowest BCUT2D eigenvalue weighted by atomic mass is 10.0. The van der Waals surface area contributed by atoms with Gasteiger partial charge < -0.3 is 25.8 Å². The number of nitrogens with zero attached hydrogens (tertiary/aromatic N) is 4. The molecule has 3 N–H and O–H groups in total. The molecule has 2 aromatic rings. The Kier molecular flexibility index (Phi) is 8.85. The summed E-state index contributed by atoms with van der Waals surface area (Å²) >= 11 is 0. The summed E-state index contributed by atoms with van der Waals surface area (Å²) < 4.78 is 41.3. The number of alkyl halides is 3. The van der Waals surface area contributed by atoms with E-state index < -0.39 is 23.7 Å². The summed E-state index contributed by atoms with van der Waals surface area (Å²) in [7, 11) is 0. The molecule has 216 valence electrons. The Morgan fingerprint density at radius 1 is 1.05 bits per heavy atom. The van der Waals surface area contributed by atoms with Crippen LogP contribution in [0.2, 0.25) is 0 Å². The summed E-state index contributed by atoms with van der Waals surface area (Å²) in [6, 6.07) is 6.10. The number of nitrogens with one attached hydrogen (secondary N) is 3. The first-order valence-electron chi connectivity index (χ1n) is 13.5. The van der Waals surface area contributed by atoms with Crippen LogP contribution in [0.1, 0.15) is 56.0 Å². The summed E-state index contributed by atoms with van der Waals surface area (Å²) in [5.74, 6) is -1.13. The van der Waals surface area contributed by atoms with E-state index in [0.29, 0.717) is 37.2 Å². The second kappa shape index (κ2) is 12.1. The number of amides is 2. The molecule has 1 aliphatic heterocycles. The van der Waals surface area contributed by atoms with Gasteiger partial charge in [0.15, 0.2) is 0 Å². The van der Waals surface area contributed by atoms with Crippen molar-refractivity contribution in [1.82, 2.24) is 25.1 Å². The Hall–Kier alpha value is -3.83. The first kappa shape index (κ1) is 29.2. The van der Waals surface area contributed by atoms with E-state index in [1.807, 2.05) is 20.8 Å². The van der Waals surface area contributed by atoms with Gasteiger partial charge in [0, 0.05) is 61.4 Å². The van der Waals surface area contributed by atoms with Gasteiger partial charge in [-0.25, -0.2) is 4.98 Å². The van der Waals surface area contributed by atoms with Crippen LogP contribution in [0.4, 0.5) is 30.6 Å². The predicted molar refractivity (Wildman–Crippen MR) is 147 cm³/mol. The van der Waals surface area contributed by atoms with E-state index in [-0.39, 0.29) is 29.6 Å². The van der Waals surface area contributed by atoms with Crippen molar-refractivity contribution >= 4 is 29.3 Å². The van der Waals surface area contributed by atoms with Crippen molar-refractivity contribution < 1.29 is 22.8 Å². The van der Waals surface area contributed by atoms with Crippen molar-refractivity contribution in [2.45, 2.75) is 58.3 Å². The van der Waals surface area contributed by atoms with Crippen molar-refractivity contribution in [2.75, 3.05) is 36.8 Å². The van der Waals surface area contributed by atoms with Crippen molar-refractivity contribution in [3.63, 3.8) is 0 Å². The highest BCUT2D eigenvalue weighted by atomic mass is 19.4. The van der Waals surface area contributed by atoms with Crippen molar-refractivity contribution in [1.29, 1.82) is 0 Å². The minimum absolute atomic E-state index is 0.0355. The van der Waals surface area contributed by atoms with Gasteiger partial charge in [-0.05, 0) is 57.9 Å². The largest absolute Gasteiger partial charge is 0.421 e. The lowest BCUT2D eigenvalue weighted by Gasteiger charge is -2.36. The smallest absolute Gasteiger partial charge is 0.372 e. The number of aromatic nitrogens is 2. The number of hydrogen-bond acceptors (Lipinski definition) is 7. The molecule has 12 heteroatoms. The van der Waals surface area contributed by atoms with Crippen LogP contribution < -0.4 is 16.0 Å². The third kappa shape index (κ3) is 7.02. The highest BCUT2D eigenvalue weighted by molar-refractivity contribution is 5.94. The fourth-order valence-corrected chi connectivity index (χ4v) is 5.07. The fourth-order valence-electron chi connectivity index (χ4n) is 5.07. The molecule has 0 bridgehead atoms. The number of hydrogen-bond donors (Lipinski definition) is 3. The predicted octanol–water partition coefficient (Wildman–Crippen LogP) is 4.64. The van der Waals surface area contributed by atoms with Crippen LogP contribution in [0.15, 0.2) is 42.7 Å². The minimum Gasteiger partial charge on any atom is -0.372 e. The van der Waals surface area contributed by atoms with E-state index in [2.05, 4.69) is 37.4 Å². The molecule has 0 spiro atoms. The summed E-state index contributed by atoms with van der Waals surface area (Å²) in [5.41, 5.74) is 1.01. The van der Waals surface area contributed by atoms with Crippen LogP contribution in [0, 0.1) is 5.92 Å². The normalized spacial score (nSPS) is 19.5. The number of carbonyl (C=O) groups is 2. The molecule has 4 rings (SSSR count). The summed E-state index contributed by atoms with van der Waals surface area (Å²) in [5, 5.41) is 8.66. The molecular weight excluding hydrogens is 523 g/mol. The molecular formula is C28H36F3N7O2. The van der Waals surface area contributed by atoms with Crippen LogP contribution >= 0.6 is 0 Å². The van der Waals surface area contributed by atoms with Crippen LogP contribution in [-0.2, 0) is 11.0 Å². The van der Waals surface area contributed by atoms with Crippen LogP contribution in [0.5, 0.6) is 0 Å². The Morgan fingerprint density at radius 3 is 2.30 bits per heavy atom. The topological polar surface area (TPSA) is 102 Å². The Labute approximate surface area is 232 Å². The Balaban J connectivity index is 1.46. The molecule has 1 saturated heterocycles. The van der Waals surface area contributed by atoms with Gasteiger partial charge in [0.2, 0.25) is 11.9 Å². The average molecular weight is 560 g/mol. The van der Waals surface area contributed by atoms with Crippen LogP contribution in [0.3, 0.4) is 0 Å². The number of rotatable bonds is 8. The van der Waals surface area contributed by atoms with Gasteiger partial charge in [-0.1, -0.05) is 13.0 Å². The summed E-state index contributed by atoms with van der Waals surface area (Å²) in [6.45, 7) is 12.2. The van der Waals surface area contributed by atoms with E-state index in [1.54, 1.807) is 29.2 Å². The van der Waals surface area contributed by atoms with Crippen molar-refractivity contribution in [2.24, 2.45) is 5.92 Å².